The van der Waals surface area contributed by atoms with Crippen molar-refractivity contribution in [3.63, 3.8) is 0 Å². The highest BCUT2D eigenvalue weighted by Gasteiger charge is 2.18. The van der Waals surface area contributed by atoms with Crippen LogP contribution in [0.3, 0.4) is 0 Å². The van der Waals surface area contributed by atoms with Gasteiger partial charge in [0.15, 0.2) is 17.1 Å². The van der Waals surface area contributed by atoms with E-state index in [4.69, 9.17) is 13.9 Å². The summed E-state index contributed by atoms with van der Waals surface area (Å²) in [4.78, 5) is 12.0. The topological polar surface area (TPSA) is 68.9 Å². The quantitative estimate of drug-likeness (QED) is 0.374. The van der Waals surface area contributed by atoms with Gasteiger partial charge >= 0.3 is 5.63 Å². The molecule has 0 aliphatic carbocycles. The van der Waals surface area contributed by atoms with Crippen molar-refractivity contribution in [2.24, 2.45) is 0 Å². The fraction of sp³-hybridized carbons (Fsp3) is 0.591. The number of aromatic hydroxyl groups is 1. The van der Waals surface area contributed by atoms with Gasteiger partial charge in [-0.3, -0.25) is 0 Å². The molecule has 2 rings (SSSR count). The first kappa shape index (κ1) is 21.1. The normalized spacial score (nSPS) is 11.3. The Morgan fingerprint density at radius 1 is 1.04 bits per heavy atom. The van der Waals surface area contributed by atoms with E-state index in [1.165, 1.54) is 38.5 Å². The molecular formula is C22H32O5. The zero-order valence-corrected chi connectivity index (χ0v) is 16.8. The summed E-state index contributed by atoms with van der Waals surface area (Å²) in [6.45, 7) is 6.48. The summed E-state index contributed by atoms with van der Waals surface area (Å²) in [5.41, 5.74) is -0.506. The van der Waals surface area contributed by atoms with Gasteiger partial charge in [-0.1, -0.05) is 57.9 Å². The molecule has 5 nitrogen and oxygen atoms in total. The van der Waals surface area contributed by atoms with Crippen molar-refractivity contribution in [3.05, 3.63) is 28.6 Å². The molecular weight excluding hydrogens is 344 g/mol. The first-order chi connectivity index (χ1) is 13.0. The zero-order valence-electron chi connectivity index (χ0n) is 16.8. The highest BCUT2D eigenvalue weighted by molar-refractivity contribution is 5.89. The van der Waals surface area contributed by atoms with E-state index in [1.807, 2.05) is 13.8 Å². The predicted molar refractivity (Wildman–Crippen MR) is 108 cm³/mol. The Morgan fingerprint density at radius 3 is 2.37 bits per heavy atom. The molecule has 0 spiro atoms. The lowest BCUT2D eigenvalue weighted by molar-refractivity contribution is 0.240. The number of unbranched alkanes of at least 4 members (excludes halogenated alkanes) is 7. The molecule has 1 aromatic heterocycles. The van der Waals surface area contributed by atoms with Crippen molar-refractivity contribution in [1.82, 2.24) is 0 Å². The van der Waals surface area contributed by atoms with Crippen molar-refractivity contribution in [3.8, 4) is 17.2 Å². The molecule has 0 atom stereocenters. The van der Waals surface area contributed by atoms with Crippen LogP contribution in [0.4, 0.5) is 0 Å². The van der Waals surface area contributed by atoms with E-state index in [0.717, 1.165) is 12.8 Å². The van der Waals surface area contributed by atoms with Gasteiger partial charge in [0, 0.05) is 0 Å². The van der Waals surface area contributed by atoms with Crippen LogP contribution in [-0.2, 0) is 0 Å². The Hall–Kier alpha value is -2.17. The number of hydrogen-bond donors (Lipinski definition) is 1. The van der Waals surface area contributed by atoms with Crippen LogP contribution in [0.15, 0.2) is 27.4 Å². The van der Waals surface area contributed by atoms with Gasteiger partial charge in [0.05, 0.1) is 18.1 Å². The van der Waals surface area contributed by atoms with E-state index in [1.54, 1.807) is 18.2 Å². The van der Waals surface area contributed by atoms with Gasteiger partial charge in [0.1, 0.15) is 0 Å². The number of ether oxygens (including phenoxy) is 2. The highest BCUT2D eigenvalue weighted by Crippen LogP contribution is 2.36. The Kier molecular flexibility index (Phi) is 8.49. The average molecular weight is 376 g/mol. The zero-order chi connectivity index (χ0) is 19.6. The Labute approximate surface area is 161 Å². The van der Waals surface area contributed by atoms with E-state index >= 15 is 0 Å². The smallest absolute Gasteiger partial charge is 0.382 e. The molecule has 0 saturated heterocycles. The highest BCUT2D eigenvalue weighted by atomic mass is 16.5. The van der Waals surface area contributed by atoms with Crippen molar-refractivity contribution in [2.45, 2.75) is 78.2 Å². The second-order valence-electron chi connectivity index (χ2n) is 7.19. The van der Waals surface area contributed by atoms with Crippen molar-refractivity contribution in [2.75, 3.05) is 6.61 Å². The lowest BCUT2D eigenvalue weighted by Gasteiger charge is -2.14. The average Bonchev–Trinajstić information content (AvgIpc) is 2.63. The monoisotopic (exact) mass is 376 g/mol. The standard InChI is InChI=1S/C22H32O5/c1-4-5-6-7-8-9-10-11-15-25-21-17-13-12-14-18(26-16(2)3)20(17)27-22(24)19(21)23/h12-14,16,23H,4-11,15H2,1-3H3. The minimum Gasteiger partial charge on any atom is -0.499 e. The molecule has 0 aliphatic rings. The van der Waals surface area contributed by atoms with Gasteiger partial charge in [0.2, 0.25) is 5.75 Å². The molecule has 2 aromatic rings. The molecule has 0 fully saturated rings. The largest absolute Gasteiger partial charge is 0.499 e. The molecule has 1 heterocycles. The van der Waals surface area contributed by atoms with Crippen LogP contribution in [0.2, 0.25) is 0 Å². The van der Waals surface area contributed by atoms with Crippen LogP contribution < -0.4 is 15.1 Å². The lowest BCUT2D eigenvalue weighted by Crippen LogP contribution is -2.08. The van der Waals surface area contributed by atoms with Crippen molar-refractivity contribution < 1.29 is 19.0 Å². The molecule has 0 saturated carbocycles. The van der Waals surface area contributed by atoms with Gasteiger partial charge in [-0.05, 0) is 32.4 Å². The van der Waals surface area contributed by atoms with E-state index in [0.29, 0.717) is 23.3 Å². The SMILES string of the molecule is CCCCCCCCCCOc1c(O)c(=O)oc2c(OC(C)C)cccc12. The molecule has 1 aromatic carbocycles. The van der Waals surface area contributed by atoms with Crippen LogP contribution in [0.1, 0.15) is 72.1 Å². The fourth-order valence-corrected chi connectivity index (χ4v) is 3.06. The van der Waals surface area contributed by atoms with Crippen LogP contribution in [0.5, 0.6) is 17.2 Å². The van der Waals surface area contributed by atoms with Gasteiger partial charge in [-0.25, -0.2) is 4.79 Å². The number of hydrogen-bond acceptors (Lipinski definition) is 5. The minimum absolute atomic E-state index is 0.0589. The summed E-state index contributed by atoms with van der Waals surface area (Å²) in [6.07, 6.45) is 9.52. The van der Waals surface area contributed by atoms with Crippen LogP contribution in [-0.4, -0.2) is 17.8 Å². The molecule has 0 aliphatic heterocycles. The second-order valence-corrected chi connectivity index (χ2v) is 7.19. The molecule has 0 bridgehead atoms. The maximum Gasteiger partial charge on any atom is 0.382 e. The maximum absolute atomic E-state index is 12.0. The molecule has 0 amide bonds. The summed E-state index contributed by atoms with van der Waals surface area (Å²) in [6, 6.07) is 5.29. The Balaban J connectivity index is 1.99. The van der Waals surface area contributed by atoms with Crippen molar-refractivity contribution >= 4 is 11.0 Å². The second kappa shape index (κ2) is 10.9. The summed E-state index contributed by atoms with van der Waals surface area (Å²) in [5.74, 6) is 0.165. The molecule has 5 heteroatoms. The van der Waals surface area contributed by atoms with E-state index < -0.39 is 11.4 Å². The number of rotatable bonds is 12. The minimum atomic E-state index is -0.812. The Morgan fingerprint density at radius 2 is 1.70 bits per heavy atom. The van der Waals surface area contributed by atoms with Gasteiger partial charge < -0.3 is 19.0 Å². The van der Waals surface area contributed by atoms with E-state index in [-0.39, 0.29) is 11.9 Å². The summed E-state index contributed by atoms with van der Waals surface area (Å²) in [5, 5.41) is 10.7. The summed E-state index contributed by atoms with van der Waals surface area (Å²) >= 11 is 0. The number of fused-ring (bicyclic) bond motifs is 1. The number of para-hydroxylation sites is 1. The maximum atomic E-state index is 12.0. The van der Waals surface area contributed by atoms with E-state index in [2.05, 4.69) is 6.92 Å². The Bertz CT molecular complexity index is 763. The van der Waals surface area contributed by atoms with Crippen LogP contribution >= 0.6 is 0 Å². The number of benzene rings is 1. The molecule has 0 unspecified atom stereocenters. The summed E-state index contributed by atoms with van der Waals surface area (Å²) in [7, 11) is 0. The fourth-order valence-electron chi connectivity index (χ4n) is 3.06. The first-order valence-corrected chi connectivity index (χ1v) is 10.1. The molecule has 0 radical (unpaired) electrons. The third kappa shape index (κ3) is 6.19. The first-order valence-electron chi connectivity index (χ1n) is 10.1. The van der Waals surface area contributed by atoms with Crippen molar-refractivity contribution in [1.29, 1.82) is 0 Å². The predicted octanol–water partition coefficient (Wildman–Crippen LogP) is 5.81. The van der Waals surface area contributed by atoms with Crippen LogP contribution in [0.25, 0.3) is 11.0 Å². The van der Waals surface area contributed by atoms with E-state index in [9.17, 15) is 9.90 Å². The van der Waals surface area contributed by atoms with Crippen LogP contribution in [0, 0.1) is 0 Å². The summed E-state index contributed by atoms with van der Waals surface area (Å²) < 4.78 is 16.7. The van der Waals surface area contributed by atoms with Gasteiger partial charge in [0.25, 0.3) is 0 Å². The molecule has 150 valence electrons. The third-order valence-corrected chi connectivity index (χ3v) is 4.43. The van der Waals surface area contributed by atoms with Gasteiger partial charge in [-0.15, -0.1) is 0 Å². The molecule has 27 heavy (non-hydrogen) atoms. The lowest BCUT2D eigenvalue weighted by atomic mass is 10.1. The third-order valence-electron chi connectivity index (χ3n) is 4.43. The van der Waals surface area contributed by atoms with Gasteiger partial charge in [-0.2, -0.15) is 0 Å². The molecule has 1 N–H and O–H groups in total.